The molecular weight excluding hydrogens is 299 g/mol. The monoisotopic (exact) mass is 319 g/mol. The van der Waals surface area contributed by atoms with E-state index < -0.39 is 17.3 Å². The summed E-state index contributed by atoms with van der Waals surface area (Å²) in [6, 6.07) is 4.13. The Morgan fingerprint density at radius 1 is 1.23 bits per heavy atom. The van der Waals surface area contributed by atoms with Gasteiger partial charge in [0.2, 0.25) is 0 Å². The van der Waals surface area contributed by atoms with Gasteiger partial charge in [-0.25, -0.2) is 0 Å². The number of amides is 1. The molecular formula is C15H20F3NO3. The first kappa shape index (κ1) is 18.3. The fraction of sp³-hybridized carbons (Fsp3) is 0.533. The number of halogens is 3. The summed E-state index contributed by atoms with van der Waals surface area (Å²) in [5.41, 5.74) is -1.80. The van der Waals surface area contributed by atoms with Crippen molar-refractivity contribution in [2.24, 2.45) is 0 Å². The Balaban J connectivity index is 2.60. The maximum atomic E-state index is 12.4. The summed E-state index contributed by atoms with van der Waals surface area (Å²) >= 11 is 0. The standard InChI is InChI=1S/C15H20F3NO3/c1-4-19(10-14(2,3)21)13(20)9-22-12-7-5-11(6-8-12)15(16,17)18/h5-8,21H,4,9-10H2,1-3H3. The van der Waals surface area contributed by atoms with E-state index in [2.05, 4.69) is 0 Å². The van der Waals surface area contributed by atoms with Gasteiger partial charge in [-0.05, 0) is 45.0 Å². The lowest BCUT2D eigenvalue weighted by molar-refractivity contribution is -0.138. The molecule has 0 saturated heterocycles. The first-order valence-corrected chi connectivity index (χ1v) is 6.83. The van der Waals surface area contributed by atoms with Gasteiger partial charge in [0.05, 0.1) is 11.2 Å². The van der Waals surface area contributed by atoms with E-state index in [0.29, 0.717) is 6.54 Å². The van der Waals surface area contributed by atoms with E-state index in [0.717, 1.165) is 12.1 Å². The second-order valence-corrected chi connectivity index (χ2v) is 5.53. The highest BCUT2D eigenvalue weighted by Crippen LogP contribution is 2.30. The highest BCUT2D eigenvalue weighted by molar-refractivity contribution is 5.77. The molecule has 0 spiro atoms. The molecule has 0 aliphatic rings. The van der Waals surface area contributed by atoms with Gasteiger partial charge in [-0.1, -0.05) is 0 Å². The molecule has 0 aromatic heterocycles. The van der Waals surface area contributed by atoms with Crippen molar-refractivity contribution in [3.05, 3.63) is 29.8 Å². The number of likely N-dealkylation sites (N-methyl/N-ethyl adjacent to an activating group) is 1. The number of carbonyl (C=O) groups is 1. The molecule has 1 aromatic carbocycles. The molecule has 1 rings (SSSR count). The molecule has 7 heteroatoms. The molecule has 124 valence electrons. The topological polar surface area (TPSA) is 49.8 Å². The van der Waals surface area contributed by atoms with Crippen LogP contribution in [0.4, 0.5) is 13.2 Å². The normalized spacial score (nSPS) is 12.1. The van der Waals surface area contributed by atoms with Crippen LogP contribution in [0.1, 0.15) is 26.3 Å². The van der Waals surface area contributed by atoms with Crippen molar-refractivity contribution in [3.8, 4) is 5.75 Å². The number of carbonyl (C=O) groups excluding carboxylic acids is 1. The molecule has 0 unspecified atom stereocenters. The third kappa shape index (κ3) is 5.93. The lowest BCUT2D eigenvalue weighted by Crippen LogP contribution is -2.44. The zero-order valence-electron chi connectivity index (χ0n) is 12.8. The van der Waals surface area contributed by atoms with Crippen LogP contribution in [0, 0.1) is 0 Å². The summed E-state index contributed by atoms with van der Waals surface area (Å²) in [5.74, 6) is -0.162. The van der Waals surface area contributed by atoms with E-state index in [1.807, 2.05) is 0 Å². The molecule has 0 atom stereocenters. The largest absolute Gasteiger partial charge is 0.484 e. The van der Waals surface area contributed by atoms with Crippen molar-refractivity contribution in [3.63, 3.8) is 0 Å². The zero-order valence-corrected chi connectivity index (χ0v) is 12.8. The third-order valence-electron chi connectivity index (χ3n) is 2.86. The van der Waals surface area contributed by atoms with Crippen LogP contribution < -0.4 is 4.74 Å². The maximum Gasteiger partial charge on any atom is 0.416 e. The van der Waals surface area contributed by atoms with Crippen LogP contribution in [0.2, 0.25) is 0 Å². The first-order chi connectivity index (χ1) is 10.0. The number of aliphatic hydroxyl groups is 1. The third-order valence-corrected chi connectivity index (χ3v) is 2.86. The lowest BCUT2D eigenvalue weighted by Gasteiger charge is -2.28. The van der Waals surface area contributed by atoms with E-state index in [9.17, 15) is 23.1 Å². The minimum absolute atomic E-state index is 0.151. The molecule has 0 fully saturated rings. The number of rotatable bonds is 6. The average molecular weight is 319 g/mol. The molecule has 0 saturated carbocycles. The van der Waals surface area contributed by atoms with Crippen LogP contribution in [0.5, 0.6) is 5.75 Å². The van der Waals surface area contributed by atoms with Crippen molar-refractivity contribution in [2.45, 2.75) is 32.5 Å². The van der Waals surface area contributed by atoms with E-state index in [1.165, 1.54) is 17.0 Å². The smallest absolute Gasteiger partial charge is 0.416 e. The predicted molar refractivity (Wildman–Crippen MR) is 75.5 cm³/mol. The molecule has 0 heterocycles. The van der Waals surface area contributed by atoms with Crippen LogP contribution in [-0.2, 0) is 11.0 Å². The minimum atomic E-state index is -4.40. The van der Waals surface area contributed by atoms with Gasteiger partial charge in [-0.3, -0.25) is 4.79 Å². The Kier molecular flexibility index (Phi) is 5.82. The lowest BCUT2D eigenvalue weighted by atomic mass is 10.1. The Morgan fingerprint density at radius 2 is 1.77 bits per heavy atom. The Bertz CT molecular complexity index is 492. The summed E-state index contributed by atoms with van der Waals surface area (Å²) in [4.78, 5) is 13.4. The second-order valence-electron chi connectivity index (χ2n) is 5.53. The van der Waals surface area contributed by atoms with Crippen LogP contribution in [0.15, 0.2) is 24.3 Å². The van der Waals surface area contributed by atoms with Gasteiger partial charge in [0.1, 0.15) is 5.75 Å². The van der Waals surface area contributed by atoms with Crippen molar-refractivity contribution >= 4 is 5.91 Å². The number of ether oxygens (including phenoxy) is 1. The van der Waals surface area contributed by atoms with Crippen molar-refractivity contribution in [1.29, 1.82) is 0 Å². The highest BCUT2D eigenvalue weighted by Gasteiger charge is 2.30. The van der Waals surface area contributed by atoms with Gasteiger partial charge in [0, 0.05) is 13.1 Å². The van der Waals surface area contributed by atoms with E-state index in [-0.39, 0.29) is 24.8 Å². The number of hydrogen-bond donors (Lipinski definition) is 1. The zero-order chi connectivity index (χ0) is 17.0. The van der Waals surface area contributed by atoms with Gasteiger partial charge in [-0.15, -0.1) is 0 Å². The predicted octanol–water partition coefficient (Wildman–Crippen LogP) is 2.70. The maximum absolute atomic E-state index is 12.4. The van der Waals surface area contributed by atoms with E-state index >= 15 is 0 Å². The van der Waals surface area contributed by atoms with Crippen LogP contribution in [0.25, 0.3) is 0 Å². The van der Waals surface area contributed by atoms with Crippen molar-refractivity contribution in [1.82, 2.24) is 4.90 Å². The molecule has 0 bridgehead atoms. The average Bonchev–Trinajstić information content (AvgIpc) is 2.40. The number of alkyl halides is 3. The number of benzene rings is 1. The summed E-state index contributed by atoms with van der Waals surface area (Å²) in [6.45, 7) is 5.19. The van der Waals surface area contributed by atoms with Crippen molar-refractivity contribution < 1.29 is 27.8 Å². The van der Waals surface area contributed by atoms with Gasteiger partial charge in [0.15, 0.2) is 6.61 Å². The Labute approximate surface area is 127 Å². The molecule has 1 N–H and O–H groups in total. The van der Waals surface area contributed by atoms with Gasteiger partial charge < -0.3 is 14.7 Å². The molecule has 0 aliphatic carbocycles. The highest BCUT2D eigenvalue weighted by atomic mass is 19.4. The molecule has 0 aliphatic heterocycles. The fourth-order valence-electron chi connectivity index (χ4n) is 1.82. The second kappa shape index (κ2) is 7.00. The number of hydrogen-bond acceptors (Lipinski definition) is 3. The van der Waals surface area contributed by atoms with Gasteiger partial charge in [0.25, 0.3) is 5.91 Å². The van der Waals surface area contributed by atoms with Crippen molar-refractivity contribution in [2.75, 3.05) is 19.7 Å². The molecule has 1 aromatic rings. The quantitative estimate of drug-likeness (QED) is 0.877. The van der Waals surface area contributed by atoms with E-state index in [1.54, 1.807) is 20.8 Å². The summed E-state index contributed by atoms with van der Waals surface area (Å²) in [5, 5.41) is 9.72. The van der Waals surface area contributed by atoms with Gasteiger partial charge in [-0.2, -0.15) is 13.2 Å². The molecule has 22 heavy (non-hydrogen) atoms. The van der Waals surface area contributed by atoms with Crippen LogP contribution in [-0.4, -0.2) is 41.2 Å². The molecule has 0 radical (unpaired) electrons. The molecule has 1 amide bonds. The van der Waals surface area contributed by atoms with E-state index in [4.69, 9.17) is 4.74 Å². The van der Waals surface area contributed by atoms with Crippen LogP contribution in [0.3, 0.4) is 0 Å². The number of nitrogens with zero attached hydrogens (tertiary/aromatic N) is 1. The first-order valence-electron chi connectivity index (χ1n) is 6.83. The Morgan fingerprint density at radius 3 is 2.18 bits per heavy atom. The SMILES string of the molecule is CCN(CC(C)(C)O)C(=O)COc1ccc(C(F)(F)F)cc1. The molecule has 4 nitrogen and oxygen atoms in total. The van der Waals surface area contributed by atoms with Gasteiger partial charge >= 0.3 is 6.18 Å². The van der Waals surface area contributed by atoms with Crippen LogP contribution >= 0.6 is 0 Å². The Hall–Kier alpha value is -1.76. The summed E-state index contributed by atoms with van der Waals surface area (Å²) in [6.07, 6.45) is -4.40. The summed E-state index contributed by atoms with van der Waals surface area (Å²) in [7, 11) is 0. The fourth-order valence-corrected chi connectivity index (χ4v) is 1.82. The summed E-state index contributed by atoms with van der Waals surface area (Å²) < 4.78 is 42.4. The minimum Gasteiger partial charge on any atom is -0.484 e.